The third-order valence-electron chi connectivity index (χ3n) is 4.99. The number of thiazole rings is 1. The number of aromatic nitrogens is 1. The highest BCUT2D eigenvalue weighted by Crippen LogP contribution is 2.36. The molecule has 0 radical (unpaired) electrons. The van der Waals surface area contributed by atoms with Crippen molar-refractivity contribution in [2.75, 3.05) is 11.5 Å². The van der Waals surface area contributed by atoms with Gasteiger partial charge < -0.3 is 9.64 Å². The molecule has 1 amide bonds. The lowest BCUT2D eigenvalue weighted by Gasteiger charge is -2.33. The van der Waals surface area contributed by atoms with Crippen molar-refractivity contribution >= 4 is 39.1 Å². The molecule has 3 aromatic rings. The van der Waals surface area contributed by atoms with Gasteiger partial charge in [-0.2, -0.15) is 0 Å². The molecule has 4 rings (SSSR count). The van der Waals surface area contributed by atoms with Crippen LogP contribution in [0.4, 0.5) is 23.2 Å². The van der Waals surface area contributed by atoms with Crippen LogP contribution in [0.15, 0.2) is 24.3 Å². The molecule has 1 aliphatic rings. The van der Waals surface area contributed by atoms with E-state index in [9.17, 15) is 27.2 Å². The minimum absolute atomic E-state index is 0.148. The number of hydrogen-bond donors (Lipinski definition) is 0. The number of fused-ring (bicyclic) bond motifs is 2. The van der Waals surface area contributed by atoms with Crippen LogP contribution >= 0.6 is 11.3 Å². The van der Waals surface area contributed by atoms with E-state index >= 15 is 0 Å². The first-order chi connectivity index (χ1) is 14.8. The summed E-state index contributed by atoms with van der Waals surface area (Å²) in [6.45, 7) is 1.64. The van der Waals surface area contributed by atoms with Crippen molar-refractivity contribution in [3.8, 4) is 0 Å². The Morgan fingerprint density at radius 2 is 2.00 bits per heavy atom. The van der Waals surface area contributed by atoms with E-state index < -0.39 is 46.6 Å². The van der Waals surface area contributed by atoms with E-state index in [1.54, 1.807) is 6.92 Å². The van der Waals surface area contributed by atoms with E-state index in [0.717, 1.165) is 11.3 Å². The molecule has 0 spiro atoms. The fourth-order valence-corrected chi connectivity index (χ4v) is 4.60. The van der Waals surface area contributed by atoms with Crippen molar-refractivity contribution in [1.82, 2.24) is 4.98 Å². The van der Waals surface area contributed by atoms with E-state index in [1.807, 2.05) is 0 Å². The molecule has 162 valence electrons. The van der Waals surface area contributed by atoms with Gasteiger partial charge in [0.25, 0.3) is 0 Å². The van der Waals surface area contributed by atoms with Gasteiger partial charge in [0.15, 0.2) is 11.6 Å². The number of halogens is 4. The Balaban J connectivity index is 1.71. The summed E-state index contributed by atoms with van der Waals surface area (Å²) in [4.78, 5) is 30.3. The molecule has 0 aliphatic carbocycles. The van der Waals surface area contributed by atoms with Gasteiger partial charge in [-0.25, -0.2) is 22.5 Å². The minimum atomic E-state index is -1.36. The number of rotatable bonds is 5. The summed E-state index contributed by atoms with van der Waals surface area (Å²) >= 11 is 0.791. The normalized spacial score (nSPS) is 16.0. The summed E-state index contributed by atoms with van der Waals surface area (Å²) in [6, 6.07) is 4.34. The van der Waals surface area contributed by atoms with Gasteiger partial charge in [-0.05, 0) is 37.1 Å². The predicted octanol–water partition coefficient (Wildman–Crippen LogP) is 4.51. The number of benzene rings is 2. The van der Waals surface area contributed by atoms with Crippen LogP contribution in [-0.2, 0) is 27.3 Å². The lowest BCUT2D eigenvalue weighted by atomic mass is 9.89. The maximum absolute atomic E-state index is 14.0. The van der Waals surface area contributed by atoms with Crippen LogP contribution in [0, 0.1) is 29.2 Å². The van der Waals surface area contributed by atoms with E-state index in [1.165, 1.54) is 23.1 Å². The second kappa shape index (κ2) is 8.26. The molecule has 0 saturated carbocycles. The van der Waals surface area contributed by atoms with Gasteiger partial charge in [-0.15, -0.1) is 11.3 Å². The first-order valence-corrected chi connectivity index (χ1v) is 10.3. The van der Waals surface area contributed by atoms with Crippen molar-refractivity contribution in [2.45, 2.75) is 26.3 Å². The van der Waals surface area contributed by atoms with Gasteiger partial charge in [0.1, 0.15) is 22.2 Å². The van der Waals surface area contributed by atoms with Gasteiger partial charge in [0, 0.05) is 11.8 Å². The molecular weight excluding hydrogens is 436 g/mol. The van der Waals surface area contributed by atoms with Crippen LogP contribution in [0.1, 0.15) is 23.9 Å². The fraction of sp³-hybridized carbons (Fsp3) is 0.286. The average Bonchev–Trinajstić information content (AvgIpc) is 3.14. The molecule has 0 N–H and O–H groups in total. The lowest BCUT2D eigenvalue weighted by Crippen LogP contribution is -2.42. The standard InChI is InChI=1S/C21H16F4N2O3S/c1-2-30-17(28)7-11-5-10-6-12(22)3-4-15(10)27(21(11)29)9-16-26-19-18(25)13(23)8-14(24)20(19)31-16/h3-4,6,8,11H,2,5,7,9H2,1H3. The molecule has 0 saturated heterocycles. The predicted molar refractivity (Wildman–Crippen MR) is 106 cm³/mol. The summed E-state index contributed by atoms with van der Waals surface area (Å²) in [5.41, 5.74) is 0.473. The number of anilines is 1. The zero-order valence-corrected chi connectivity index (χ0v) is 17.1. The molecule has 1 unspecified atom stereocenters. The second-order valence-corrected chi connectivity index (χ2v) is 8.13. The Bertz CT molecular complexity index is 1200. The highest BCUT2D eigenvalue weighted by molar-refractivity contribution is 7.18. The molecule has 2 heterocycles. The maximum atomic E-state index is 14.0. The largest absolute Gasteiger partial charge is 0.466 e. The smallest absolute Gasteiger partial charge is 0.306 e. The molecule has 2 aromatic carbocycles. The van der Waals surface area contributed by atoms with Crippen LogP contribution in [0.3, 0.4) is 0 Å². The first-order valence-electron chi connectivity index (χ1n) is 9.46. The van der Waals surface area contributed by atoms with E-state index in [-0.39, 0.29) is 35.7 Å². The molecule has 1 aliphatic heterocycles. The summed E-state index contributed by atoms with van der Waals surface area (Å²) in [5, 5.41) is 0.166. The number of ether oxygens (including phenoxy) is 1. The topological polar surface area (TPSA) is 59.5 Å². The Hall–Kier alpha value is -3.01. The van der Waals surface area contributed by atoms with Gasteiger partial charge in [-0.1, -0.05) is 0 Å². The van der Waals surface area contributed by atoms with E-state index in [4.69, 9.17) is 4.74 Å². The van der Waals surface area contributed by atoms with Crippen molar-refractivity contribution in [1.29, 1.82) is 0 Å². The second-order valence-electron chi connectivity index (χ2n) is 7.05. The highest BCUT2D eigenvalue weighted by Gasteiger charge is 2.35. The Labute approximate surface area is 178 Å². The summed E-state index contributed by atoms with van der Waals surface area (Å²) in [7, 11) is 0. The minimum Gasteiger partial charge on any atom is -0.466 e. The number of hydrogen-bond acceptors (Lipinski definition) is 5. The number of esters is 1. The molecular formula is C21H16F4N2O3S. The maximum Gasteiger partial charge on any atom is 0.306 e. The SMILES string of the molecule is CCOC(=O)CC1Cc2cc(F)ccc2N(Cc2nc3c(F)c(F)cc(F)c3s2)C1=O. The number of carbonyl (C=O) groups excluding carboxylic acids is 2. The van der Waals surface area contributed by atoms with Crippen LogP contribution in [-0.4, -0.2) is 23.5 Å². The van der Waals surface area contributed by atoms with Crippen molar-refractivity contribution in [3.05, 3.63) is 58.1 Å². The first kappa shape index (κ1) is 21.2. The molecule has 0 bridgehead atoms. The van der Waals surface area contributed by atoms with E-state index in [2.05, 4.69) is 4.98 Å². The molecule has 0 fully saturated rings. The third-order valence-corrected chi connectivity index (χ3v) is 6.03. The van der Waals surface area contributed by atoms with Crippen molar-refractivity contribution in [3.63, 3.8) is 0 Å². The van der Waals surface area contributed by atoms with Crippen LogP contribution < -0.4 is 4.90 Å². The summed E-state index contributed by atoms with van der Waals surface area (Å²) in [6.07, 6.45) is -0.0387. The average molecular weight is 452 g/mol. The molecule has 5 nitrogen and oxygen atoms in total. The van der Waals surface area contributed by atoms with Crippen LogP contribution in [0.5, 0.6) is 0 Å². The fourth-order valence-electron chi connectivity index (χ4n) is 3.65. The van der Waals surface area contributed by atoms with Crippen molar-refractivity contribution in [2.24, 2.45) is 5.92 Å². The summed E-state index contributed by atoms with van der Waals surface area (Å²) < 4.78 is 60.2. The van der Waals surface area contributed by atoms with Crippen LogP contribution in [0.2, 0.25) is 0 Å². The molecule has 31 heavy (non-hydrogen) atoms. The third kappa shape index (κ3) is 3.99. The zero-order chi connectivity index (χ0) is 22.3. The Morgan fingerprint density at radius 3 is 2.74 bits per heavy atom. The number of nitrogens with zero attached hydrogens (tertiary/aromatic N) is 2. The summed E-state index contributed by atoms with van der Waals surface area (Å²) in [5.74, 6) is -5.84. The number of carbonyl (C=O) groups is 2. The zero-order valence-electron chi connectivity index (χ0n) is 16.3. The van der Waals surface area contributed by atoms with E-state index in [0.29, 0.717) is 17.3 Å². The van der Waals surface area contributed by atoms with Gasteiger partial charge in [0.2, 0.25) is 5.91 Å². The monoisotopic (exact) mass is 452 g/mol. The van der Waals surface area contributed by atoms with Gasteiger partial charge in [-0.3, -0.25) is 9.59 Å². The van der Waals surface area contributed by atoms with Crippen molar-refractivity contribution < 1.29 is 31.9 Å². The molecule has 1 aromatic heterocycles. The van der Waals surface area contributed by atoms with Crippen LogP contribution in [0.25, 0.3) is 10.2 Å². The highest BCUT2D eigenvalue weighted by atomic mass is 32.1. The van der Waals surface area contributed by atoms with Gasteiger partial charge >= 0.3 is 5.97 Å². The molecule has 1 atom stereocenters. The van der Waals surface area contributed by atoms with Gasteiger partial charge in [0.05, 0.1) is 30.2 Å². The Kier molecular flexibility index (Phi) is 5.65. The number of amides is 1. The lowest BCUT2D eigenvalue weighted by molar-refractivity contribution is -0.146. The molecule has 10 heteroatoms. The Morgan fingerprint density at radius 1 is 1.23 bits per heavy atom. The quantitative estimate of drug-likeness (QED) is 0.325.